The van der Waals surface area contributed by atoms with E-state index in [0.717, 1.165) is 18.6 Å². The Kier molecular flexibility index (Phi) is 3.82. The van der Waals surface area contributed by atoms with Gasteiger partial charge in [0.1, 0.15) is 0 Å². The van der Waals surface area contributed by atoms with E-state index in [1.807, 2.05) is 13.8 Å². The normalized spacial score (nSPS) is 30.9. The van der Waals surface area contributed by atoms with Crippen molar-refractivity contribution in [2.45, 2.75) is 50.7 Å². The summed E-state index contributed by atoms with van der Waals surface area (Å²) >= 11 is 0. The van der Waals surface area contributed by atoms with Gasteiger partial charge in [-0.3, -0.25) is 14.3 Å². The Balaban J connectivity index is 1.38. The third-order valence-electron chi connectivity index (χ3n) is 5.53. The van der Waals surface area contributed by atoms with E-state index in [1.165, 1.54) is 0 Å². The molecule has 3 heterocycles. The molecule has 1 saturated carbocycles. The number of rotatable bonds is 4. The number of nitrogens with zero attached hydrogens (tertiary/aromatic N) is 4. The molecule has 0 bridgehead atoms. The molecular weight excluding hydrogens is 334 g/mol. The average Bonchev–Trinajstić information content (AvgIpc) is 3.03. The van der Waals surface area contributed by atoms with Gasteiger partial charge in [-0.2, -0.15) is 5.10 Å². The standard InChI is InChI=1S/C18H25N5O3/c1-17(20-15(24)13-9-19-22(3)10-13)6-7-23(11-17)16(25)18(2)8-14(21-26-18)12-4-5-12/h9-10,12H,4-8,11H2,1-3H3,(H,20,24). The highest BCUT2D eigenvalue weighted by Crippen LogP contribution is 2.39. The van der Waals surface area contributed by atoms with Crippen molar-refractivity contribution in [1.29, 1.82) is 0 Å². The molecule has 2 amide bonds. The zero-order valence-corrected chi connectivity index (χ0v) is 15.5. The van der Waals surface area contributed by atoms with Crippen LogP contribution in [0.4, 0.5) is 0 Å². The molecule has 1 N–H and O–H groups in total. The fourth-order valence-corrected chi connectivity index (χ4v) is 3.78. The van der Waals surface area contributed by atoms with Crippen molar-refractivity contribution < 1.29 is 14.4 Å². The van der Waals surface area contributed by atoms with Crippen molar-refractivity contribution >= 4 is 17.5 Å². The summed E-state index contributed by atoms with van der Waals surface area (Å²) in [4.78, 5) is 32.8. The molecule has 0 radical (unpaired) electrons. The van der Waals surface area contributed by atoms with E-state index >= 15 is 0 Å². The number of nitrogens with one attached hydrogen (secondary N) is 1. The van der Waals surface area contributed by atoms with Gasteiger partial charge in [-0.05, 0) is 33.1 Å². The maximum atomic E-state index is 13.0. The molecule has 2 unspecified atom stereocenters. The van der Waals surface area contributed by atoms with Gasteiger partial charge in [0, 0.05) is 38.7 Å². The molecule has 8 nitrogen and oxygen atoms in total. The highest BCUT2D eigenvalue weighted by Gasteiger charge is 2.50. The van der Waals surface area contributed by atoms with Crippen LogP contribution in [-0.2, 0) is 16.7 Å². The molecule has 3 aliphatic rings. The summed E-state index contributed by atoms with van der Waals surface area (Å²) in [5.74, 6) is 0.293. The Labute approximate surface area is 152 Å². The van der Waals surface area contributed by atoms with Crippen LogP contribution >= 0.6 is 0 Å². The number of carbonyl (C=O) groups excluding carboxylic acids is 2. The molecule has 1 saturated heterocycles. The van der Waals surface area contributed by atoms with Gasteiger partial charge >= 0.3 is 0 Å². The summed E-state index contributed by atoms with van der Waals surface area (Å²) in [6.45, 7) is 4.85. The second-order valence-electron chi connectivity index (χ2n) is 8.25. The van der Waals surface area contributed by atoms with Crippen LogP contribution in [-0.4, -0.2) is 56.4 Å². The van der Waals surface area contributed by atoms with Crippen molar-refractivity contribution in [1.82, 2.24) is 20.0 Å². The fourth-order valence-electron chi connectivity index (χ4n) is 3.78. The predicted molar refractivity (Wildman–Crippen MR) is 94.5 cm³/mol. The zero-order valence-electron chi connectivity index (χ0n) is 15.5. The lowest BCUT2D eigenvalue weighted by molar-refractivity contribution is -0.152. The van der Waals surface area contributed by atoms with Crippen LogP contribution in [0.1, 0.15) is 49.9 Å². The molecule has 2 aliphatic heterocycles. The molecule has 1 aliphatic carbocycles. The monoisotopic (exact) mass is 359 g/mol. The maximum Gasteiger partial charge on any atom is 0.269 e. The van der Waals surface area contributed by atoms with Gasteiger partial charge in [-0.1, -0.05) is 5.16 Å². The Hall–Kier alpha value is -2.38. The first kappa shape index (κ1) is 17.1. The number of likely N-dealkylation sites (tertiary alicyclic amines) is 1. The van der Waals surface area contributed by atoms with E-state index in [-0.39, 0.29) is 11.8 Å². The highest BCUT2D eigenvalue weighted by atomic mass is 16.7. The SMILES string of the molecule is Cn1cc(C(=O)NC2(C)CCN(C(=O)C3(C)CC(C4CC4)=NO3)C2)cn1. The molecule has 0 spiro atoms. The Bertz CT molecular complexity index is 784. The van der Waals surface area contributed by atoms with Crippen molar-refractivity contribution in [3.05, 3.63) is 18.0 Å². The molecule has 140 valence electrons. The first-order valence-electron chi connectivity index (χ1n) is 9.13. The maximum absolute atomic E-state index is 13.0. The Morgan fingerprint density at radius 2 is 2.12 bits per heavy atom. The number of hydrogen-bond acceptors (Lipinski definition) is 5. The second kappa shape index (κ2) is 5.82. The number of hydrogen-bond donors (Lipinski definition) is 1. The minimum atomic E-state index is -0.906. The molecule has 0 aromatic carbocycles. The summed E-state index contributed by atoms with van der Waals surface area (Å²) in [6.07, 6.45) is 6.80. The number of oxime groups is 1. The van der Waals surface area contributed by atoms with Crippen LogP contribution in [0.5, 0.6) is 0 Å². The van der Waals surface area contributed by atoms with Gasteiger partial charge in [0.15, 0.2) is 0 Å². The largest absolute Gasteiger partial charge is 0.379 e. The van der Waals surface area contributed by atoms with Crippen LogP contribution in [0.3, 0.4) is 0 Å². The van der Waals surface area contributed by atoms with Crippen molar-refractivity contribution in [3.8, 4) is 0 Å². The summed E-state index contributed by atoms with van der Waals surface area (Å²) in [5.41, 5.74) is 0.175. The lowest BCUT2D eigenvalue weighted by Gasteiger charge is -2.29. The molecule has 1 aromatic heterocycles. The molecular formula is C18H25N5O3. The molecule has 2 atom stereocenters. The van der Waals surface area contributed by atoms with Crippen molar-refractivity contribution in [3.63, 3.8) is 0 Å². The van der Waals surface area contributed by atoms with Crippen LogP contribution < -0.4 is 5.32 Å². The number of carbonyl (C=O) groups is 2. The van der Waals surface area contributed by atoms with E-state index < -0.39 is 11.1 Å². The van der Waals surface area contributed by atoms with Crippen molar-refractivity contribution in [2.75, 3.05) is 13.1 Å². The first-order valence-corrected chi connectivity index (χ1v) is 9.13. The first-order chi connectivity index (χ1) is 12.3. The van der Waals surface area contributed by atoms with Gasteiger partial charge in [0.25, 0.3) is 11.8 Å². The third-order valence-corrected chi connectivity index (χ3v) is 5.53. The molecule has 8 heteroatoms. The second-order valence-corrected chi connectivity index (χ2v) is 8.25. The van der Waals surface area contributed by atoms with Gasteiger partial charge in [0.05, 0.1) is 23.0 Å². The van der Waals surface area contributed by atoms with Gasteiger partial charge in [-0.25, -0.2) is 0 Å². The van der Waals surface area contributed by atoms with Crippen LogP contribution in [0.25, 0.3) is 0 Å². The fraction of sp³-hybridized carbons (Fsp3) is 0.667. The van der Waals surface area contributed by atoms with E-state index in [4.69, 9.17) is 4.84 Å². The zero-order chi connectivity index (χ0) is 18.5. The summed E-state index contributed by atoms with van der Waals surface area (Å²) in [7, 11) is 1.77. The number of amides is 2. The minimum absolute atomic E-state index is 0.0451. The van der Waals surface area contributed by atoms with Crippen LogP contribution in [0, 0.1) is 5.92 Å². The van der Waals surface area contributed by atoms with Gasteiger partial charge in [0.2, 0.25) is 5.60 Å². The average molecular weight is 359 g/mol. The molecule has 4 rings (SSSR count). The Morgan fingerprint density at radius 3 is 2.77 bits per heavy atom. The van der Waals surface area contributed by atoms with E-state index in [0.29, 0.717) is 37.4 Å². The van der Waals surface area contributed by atoms with Crippen molar-refractivity contribution in [2.24, 2.45) is 18.1 Å². The summed E-state index contributed by atoms with van der Waals surface area (Å²) < 4.78 is 1.59. The molecule has 2 fully saturated rings. The lowest BCUT2D eigenvalue weighted by atomic mass is 9.96. The molecule has 1 aromatic rings. The highest BCUT2D eigenvalue weighted by molar-refractivity contribution is 5.98. The smallest absolute Gasteiger partial charge is 0.269 e. The van der Waals surface area contributed by atoms with E-state index in [1.54, 1.807) is 29.0 Å². The number of aromatic nitrogens is 2. The van der Waals surface area contributed by atoms with Crippen LogP contribution in [0.15, 0.2) is 17.5 Å². The Morgan fingerprint density at radius 1 is 1.35 bits per heavy atom. The van der Waals surface area contributed by atoms with E-state index in [2.05, 4.69) is 15.6 Å². The lowest BCUT2D eigenvalue weighted by Crippen LogP contribution is -2.51. The molecule has 26 heavy (non-hydrogen) atoms. The van der Waals surface area contributed by atoms with E-state index in [9.17, 15) is 9.59 Å². The topological polar surface area (TPSA) is 88.8 Å². The summed E-state index contributed by atoms with van der Waals surface area (Å²) in [6, 6.07) is 0. The minimum Gasteiger partial charge on any atom is -0.379 e. The quantitative estimate of drug-likeness (QED) is 0.871. The third kappa shape index (κ3) is 3.08. The predicted octanol–water partition coefficient (Wildman–Crippen LogP) is 1.09. The number of aryl methyl sites for hydroxylation is 1. The van der Waals surface area contributed by atoms with Gasteiger partial charge in [-0.15, -0.1) is 0 Å². The van der Waals surface area contributed by atoms with Crippen LogP contribution in [0.2, 0.25) is 0 Å². The summed E-state index contributed by atoms with van der Waals surface area (Å²) in [5, 5.41) is 11.2. The van der Waals surface area contributed by atoms with Gasteiger partial charge < -0.3 is 15.1 Å².